The van der Waals surface area contributed by atoms with E-state index in [0.29, 0.717) is 18.9 Å². The second-order valence-corrected chi connectivity index (χ2v) is 5.61. The highest BCUT2D eigenvalue weighted by molar-refractivity contribution is 6.05. The predicted octanol–water partition coefficient (Wildman–Crippen LogP) is 1.75. The van der Waals surface area contributed by atoms with Crippen LogP contribution in [0.3, 0.4) is 0 Å². The number of aliphatic hydroxyl groups is 1. The van der Waals surface area contributed by atoms with Gasteiger partial charge in [-0.25, -0.2) is 0 Å². The summed E-state index contributed by atoms with van der Waals surface area (Å²) in [6.45, 7) is 1.61. The normalized spacial score (nSPS) is 17.3. The van der Waals surface area contributed by atoms with Gasteiger partial charge in [0.2, 0.25) is 0 Å². The largest absolute Gasteiger partial charge is 0.391 e. The molecule has 0 bridgehead atoms. The van der Waals surface area contributed by atoms with Crippen molar-refractivity contribution < 1.29 is 14.6 Å². The maximum absolute atomic E-state index is 12.3. The van der Waals surface area contributed by atoms with Gasteiger partial charge in [-0.3, -0.25) is 9.78 Å². The number of benzene rings is 1. The summed E-state index contributed by atoms with van der Waals surface area (Å²) in [5, 5.41) is 14.8. The van der Waals surface area contributed by atoms with Gasteiger partial charge >= 0.3 is 0 Å². The second kappa shape index (κ2) is 6.85. The molecule has 1 atom stereocenters. The Balaban J connectivity index is 1.66. The quantitative estimate of drug-likeness (QED) is 0.902. The molecule has 1 aliphatic heterocycles. The molecular formula is C17H20N2O3. The maximum Gasteiger partial charge on any atom is 0.270 e. The number of fused-ring (bicyclic) bond motifs is 1. The molecule has 116 valence electrons. The molecule has 0 radical (unpaired) electrons. The molecule has 1 aromatic heterocycles. The van der Waals surface area contributed by atoms with E-state index in [1.54, 1.807) is 6.20 Å². The number of carbonyl (C=O) groups is 1. The first-order valence-corrected chi connectivity index (χ1v) is 7.63. The number of carbonyl (C=O) groups excluding carboxylic acids is 1. The van der Waals surface area contributed by atoms with E-state index in [1.165, 1.54) is 0 Å². The molecular weight excluding hydrogens is 280 g/mol. The second-order valence-electron chi connectivity index (χ2n) is 5.61. The molecule has 22 heavy (non-hydrogen) atoms. The van der Waals surface area contributed by atoms with Crippen LogP contribution in [-0.4, -0.2) is 41.9 Å². The number of amides is 1. The van der Waals surface area contributed by atoms with Crippen LogP contribution in [0.5, 0.6) is 0 Å². The van der Waals surface area contributed by atoms with E-state index < -0.39 is 6.10 Å². The Morgan fingerprint density at radius 1 is 1.32 bits per heavy atom. The van der Waals surface area contributed by atoms with Gasteiger partial charge in [0.15, 0.2) is 0 Å². The first kappa shape index (κ1) is 14.9. The highest BCUT2D eigenvalue weighted by Gasteiger charge is 2.23. The Labute approximate surface area is 129 Å². The molecule has 0 aliphatic carbocycles. The summed E-state index contributed by atoms with van der Waals surface area (Å²) < 4.78 is 5.28. The first-order chi connectivity index (χ1) is 10.8. The maximum atomic E-state index is 12.3. The SMILES string of the molecule is O=C(NC[C@@H](O)C1CCOCC1)c1nccc2ccccc12. The van der Waals surface area contributed by atoms with Crippen molar-refractivity contribution in [1.29, 1.82) is 0 Å². The van der Waals surface area contributed by atoms with Gasteiger partial charge in [0.1, 0.15) is 5.69 Å². The van der Waals surface area contributed by atoms with Gasteiger partial charge < -0.3 is 15.2 Å². The zero-order valence-corrected chi connectivity index (χ0v) is 12.4. The van der Waals surface area contributed by atoms with E-state index in [9.17, 15) is 9.90 Å². The Kier molecular flexibility index (Phi) is 4.65. The number of hydrogen-bond donors (Lipinski definition) is 2. The van der Waals surface area contributed by atoms with Crippen LogP contribution in [0, 0.1) is 5.92 Å². The van der Waals surface area contributed by atoms with E-state index in [1.807, 2.05) is 30.3 Å². The smallest absolute Gasteiger partial charge is 0.270 e. The molecule has 1 saturated heterocycles. The average Bonchev–Trinajstić information content (AvgIpc) is 2.59. The number of nitrogens with zero attached hydrogens (tertiary/aromatic N) is 1. The Morgan fingerprint density at radius 3 is 2.91 bits per heavy atom. The summed E-state index contributed by atoms with van der Waals surface area (Å²) >= 11 is 0. The lowest BCUT2D eigenvalue weighted by Crippen LogP contribution is -2.38. The van der Waals surface area contributed by atoms with Crippen molar-refractivity contribution in [1.82, 2.24) is 10.3 Å². The summed E-state index contributed by atoms with van der Waals surface area (Å²) in [5.74, 6) is -0.0579. The van der Waals surface area contributed by atoms with Crippen molar-refractivity contribution in [2.75, 3.05) is 19.8 Å². The molecule has 2 N–H and O–H groups in total. The van der Waals surface area contributed by atoms with Gasteiger partial charge in [-0.15, -0.1) is 0 Å². The first-order valence-electron chi connectivity index (χ1n) is 7.63. The molecule has 0 unspecified atom stereocenters. The van der Waals surface area contributed by atoms with Gasteiger partial charge in [0, 0.05) is 31.3 Å². The third kappa shape index (κ3) is 3.26. The van der Waals surface area contributed by atoms with E-state index in [0.717, 1.165) is 23.6 Å². The lowest BCUT2D eigenvalue weighted by molar-refractivity contribution is 0.00872. The molecule has 1 aromatic carbocycles. The molecule has 1 amide bonds. The molecule has 1 aliphatic rings. The summed E-state index contributed by atoms with van der Waals surface area (Å²) in [6.07, 6.45) is 2.77. The third-order valence-electron chi connectivity index (χ3n) is 4.17. The van der Waals surface area contributed by atoms with E-state index >= 15 is 0 Å². The van der Waals surface area contributed by atoms with Crippen molar-refractivity contribution in [3.8, 4) is 0 Å². The van der Waals surface area contributed by atoms with Crippen molar-refractivity contribution in [3.63, 3.8) is 0 Å². The molecule has 0 saturated carbocycles. The van der Waals surface area contributed by atoms with Crippen LogP contribution in [-0.2, 0) is 4.74 Å². The number of pyridine rings is 1. The van der Waals surface area contributed by atoms with Gasteiger partial charge in [0.25, 0.3) is 5.91 Å². The van der Waals surface area contributed by atoms with Gasteiger partial charge in [-0.2, -0.15) is 0 Å². The van der Waals surface area contributed by atoms with Crippen LogP contribution in [0.15, 0.2) is 36.5 Å². The average molecular weight is 300 g/mol. The lowest BCUT2D eigenvalue weighted by atomic mass is 9.94. The fraction of sp³-hybridized carbons (Fsp3) is 0.412. The Hall–Kier alpha value is -1.98. The summed E-state index contributed by atoms with van der Waals surface area (Å²) in [7, 11) is 0. The van der Waals surface area contributed by atoms with Crippen LogP contribution in [0.1, 0.15) is 23.3 Å². The summed E-state index contributed by atoms with van der Waals surface area (Å²) in [5.41, 5.74) is 0.400. The van der Waals surface area contributed by atoms with Gasteiger partial charge in [-0.05, 0) is 30.2 Å². The fourth-order valence-electron chi connectivity index (χ4n) is 2.85. The van der Waals surface area contributed by atoms with Crippen LogP contribution >= 0.6 is 0 Å². The standard InChI is InChI=1S/C17H20N2O3/c20-15(13-6-9-22-10-7-13)11-19-17(21)16-14-4-2-1-3-12(14)5-8-18-16/h1-5,8,13,15,20H,6-7,9-11H2,(H,19,21)/t15-/m1/s1. The third-order valence-corrected chi connectivity index (χ3v) is 4.17. The molecule has 2 aromatic rings. The summed E-state index contributed by atoms with van der Waals surface area (Å²) in [4.78, 5) is 16.5. The van der Waals surface area contributed by atoms with Crippen molar-refractivity contribution in [3.05, 3.63) is 42.2 Å². The van der Waals surface area contributed by atoms with Crippen LogP contribution in [0.4, 0.5) is 0 Å². The zero-order valence-electron chi connectivity index (χ0n) is 12.4. The summed E-state index contributed by atoms with van der Waals surface area (Å²) in [6, 6.07) is 9.52. The number of nitrogens with one attached hydrogen (secondary N) is 1. The van der Waals surface area contributed by atoms with Gasteiger partial charge in [0.05, 0.1) is 6.10 Å². The van der Waals surface area contributed by atoms with E-state index in [2.05, 4.69) is 10.3 Å². The number of hydrogen-bond acceptors (Lipinski definition) is 4. The molecule has 5 nitrogen and oxygen atoms in total. The minimum absolute atomic E-state index is 0.189. The lowest BCUT2D eigenvalue weighted by Gasteiger charge is -2.26. The molecule has 3 rings (SSSR count). The van der Waals surface area contributed by atoms with Crippen LogP contribution in [0.25, 0.3) is 10.8 Å². The van der Waals surface area contributed by atoms with E-state index in [4.69, 9.17) is 4.74 Å². The molecule has 5 heteroatoms. The number of rotatable bonds is 4. The van der Waals surface area contributed by atoms with Crippen molar-refractivity contribution in [2.24, 2.45) is 5.92 Å². The zero-order chi connectivity index (χ0) is 15.4. The predicted molar refractivity (Wildman–Crippen MR) is 83.6 cm³/mol. The molecule has 0 spiro atoms. The molecule has 2 heterocycles. The molecule has 1 fully saturated rings. The fourth-order valence-corrected chi connectivity index (χ4v) is 2.85. The highest BCUT2D eigenvalue weighted by Crippen LogP contribution is 2.19. The topological polar surface area (TPSA) is 71.5 Å². The Bertz CT molecular complexity index is 648. The monoisotopic (exact) mass is 300 g/mol. The minimum Gasteiger partial charge on any atom is -0.391 e. The highest BCUT2D eigenvalue weighted by atomic mass is 16.5. The van der Waals surface area contributed by atoms with Crippen LogP contribution < -0.4 is 5.32 Å². The Morgan fingerprint density at radius 2 is 2.09 bits per heavy atom. The number of aliphatic hydroxyl groups excluding tert-OH is 1. The van der Waals surface area contributed by atoms with Crippen molar-refractivity contribution >= 4 is 16.7 Å². The van der Waals surface area contributed by atoms with Gasteiger partial charge in [-0.1, -0.05) is 24.3 Å². The van der Waals surface area contributed by atoms with Crippen molar-refractivity contribution in [2.45, 2.75) is 18.9 Å². The van der Waals surface area contributed by atoms with E-state index in [-0.39, 0.29) is 18.4 Å². The number of ether oxygens (including phenoxy) is 1. The number of aromatic nitrogens is 1. The van der Waals surface area contributed by atoms with Crippen LogP contribution in [0.2, 0.25) is 0 Å². The minimum atomic E-state index is -0.539.